The second-order valence-electron chi connectivity index (χ2n) is 10.9. The van der Waals surface area contributed by atoms with Gasteiger partial charge in [-0.2, -0.15) is 5.26 Å². The van der Waals surface area contributed by atoms with Gasteiger partial charge in [-0.15, -0.1) is 0 Å². The topological polar surface area (TPSA) is 109 Å². The average Bonchev–Trinajstić information content (AvgIpc) is 3.55. The molecule has 1 unspecified atom stereocenters. The quantitative estimate of drug-likeness (QED) is 0.463. The molecule has 3 atom stereocenters. The fraction of sp³-hybridized carbons (Fsp3) is 0.357. The SMILES string of the molecule is CN(C(=O)c1cc2c(F)cc(F)cc2[nH]1)[C@@H](CC(C)(C)F)C(=O)N1C[C@]2(CC1C#N)C(=O)Nc1cccc(Cl)c12. The standard InChI is InChI=1S/C28H25ClF3N5O3/c1-27(2,32)11-22(36(3)24(38)21-9-16-18(31)7-14(30)8-20(16)34-21)25(39)37-13-28(10-15(37)12-33)23-17(29)5-4-6-19(23)35-26(28)40/h4-9,15,22,34H,10-11,13H2,1-3H3,(H,35,40)/t15?,22-,28-/m0/s1. The predicted octanol–water partition coefficient (Wildman–Crippen LogP) is 4.69. The lowest BCUT2D eigenvalue weighted by Gasteiger charge is -2.34. The lowest BCUT2D eigenvalue weighted by Crippen LogP contribution is -2.53. The lowest BCUT2D eigenvalue weighted by atomic mass is 9.79. The molecular formula is C28H25ClF3N5O3. The van der Waals surface area contributed by atoms with Crippen LogP contribution in [-0.2, 0) is 15.0 Å². The summed E-state index contributed by atoms with van der Waals surface area (Å²) < 4.78 is 43.0. The van der Waals surface area contributed by atoms with Gasteiger partial charge in [-0.05, 0) is 38.1 Å². The van der Waals surface area contributed by atoms with Crippen molar-refractivity contribution in [1.82, 2.24) is 14.8 Å². The van der Waals surface area contributed by atoms with Gasteiger partial charge >= 0.3 is 0 Å². The molecule has 2 aliphatic rings. The number of H-pyrrole nitrogens is 1. The fourth-order valence-corrected chi connectivity index (χ4v) is 6.07. The summed E-state index contributed by atoms with van der Waals surface area (Å²) in [6.07, 6.45) is -0.462. The molecule has 0 aliphatic carbocycles. The molecule has 2 aliphatic heterocycles. The molecule has 2 aromatic carbocycles. The first-order valence-electron chi connectivity index (χ1n) is 12.5. The minimum absolute atomic E-state index is 0.0272. The lowest BCUT2D eigenvalue weighted by molar-refractivity contribution is -0.137. The summed E-state index contributed by atoms with van der Waals surface area (Å²) in [6.45, 7) is 2.30. The predicted molar refractivity (Wildman–Crippen MR) is 141 cm³/mol. The summed E-state index contributed by atoms with van der Waals surface area (Å²) in [5.41, 5.74) is -2.33. The molecule has 5 rings (SSSR count). The molecule has 1 fully saturated rings. The number of rotatable bonds is 5. The van der Waals surface area contributed by atoms with Crippen LogP contribution in [0.2, 0.25) is 5.02 Å². The van der Waals surface area contributed by atoms with Gasteiger partial charge in [-0.1, -0.05) is 17.7 Å². The van der Waals surface area contributed by atoms with Crippen LogP contribution in [0.3, 0.4) is 0 Å². The monoisotopic (exact) mass is 571 g/mol. The van der Waals surface area contributed by atoms with E-state index in [0.717, 1.165) is 11.0 Å². The fourth-order valence-electron chi connectivity index (χ4n) is 5.72. The summed E-state index contributed by atoms with van der Waals surface area (Å²) in [4.78, 5) is 45.5. The van der Waals surface area contributed by atoms with E-state index < -0.39 is 58.9 Å². The number of likely N-dealkylation sites (N-methyl/N-ethyl adjacent to an activating group) is 1. The Kier molecular flexibility index (Phi) is 6.57. The number of carbonyl (C=O) groups is 3. The van der Waals surface area contributed by atoms with Crippen molar-refractivity contribution in [3.63, 3.8) is 0 Å². The number of alkyl halides is 1. The van der Waals surface area contributed by atoms with Crippen molar-refractivity contribution < 1.29 is 27.6 Å². The summed E-state index contributed by atoms with van der Waals surface area (Å²) in [7, 11) is 1.29. The first-order valence-corrected chi connectivity index (χ1v) is 12.9. The summed E-state index contributed by atoms with van der Waals surface area (Å²) >= 11 is 6.45. The first-order chi connectivity index (χ1) is 18.8. The molecule has 1 aromatic heterocycles. The van der Waals surface area contributed by atoms with E-state index in [-0.39, 0.29) is 29.6 Å². The highest BCUT2D eigenvalue weighted by molar-refractivity contribution is 6.33. The number of aromatic amines is 1. The minimum Gasteiger partial charge on any atom is -0.350 e. The van der Waals surface area contributed by atoms with E-state index in [1.165, 1.54) is 31.9 Å². The Morgan fingerprint density at radius 2 is 2.02 bits per heavy atom. The zero-order chi connectivity index (χ0) is 29.1. The Bertz CT molecular complexity index is 1610. The first kappa shape index (κ1) is 27.5. The highest BCUT2D eigenvalue weighted by Crippen LogP contribution is 2.49. The average molecular weight is 572 g/mol. The maximum atomic E-state index is 15.0. The van der Waals surface area contributed by atoms with Crippen LogP contribution in [0.4, 0.5) is 18.9 Å². The van der Waals surface area contributed by atoms with Crippen LogP contribution in [0, 0.1) is 23.0 Å². The number of nitrogens with zero attached hydrogens (tertiary/aromatic N) is 3. The molecule has 3 aromatic rings. The summed E-state index contributed by atoms with van der Waals surface area (Å²) in [5.74, 6) is -3.63. The molecule has 12 heteroatoms. The van der Waals surface area contributed by atoms with Crippen LogP contribution in [0.1, 0.15) is 42.7 Å². The molecular weight excluding hydrogens is 547 g/mol. The number of amides is 3. The molecule has 208 valence electrons. The minimum atomic E-state index is -1.91. The Morgan fingerprint density at radius 1 is 1.30 bits per heavy atom. The van der Waals surface area contributed by atoms with Gasteiger partial charge in [0, 0.05) is 54.2 Å². The van der Waals surface area contributed by atoms with E-state index in [0.29, 0.717) is 22.3 Å². The second-order valence-corrected chi connectivity index (χ2v) is 11.3. The molecule has 8 nitrogen and oxygen atoms in total. The molecule has 0 bridgehead atoms. The van der Waals surface area contributed by atoms with E-state index in [1.54, 1.807) is 18.2 Å². The number of hydrogen-bond donors (Lipinski definition) is 2. The van der Waals surface area contributed by atoms with Gasteiger partial charge in [0.1, 0.15) is 35.1 Å². The van der Waals surface area contributed by atoms with E-state index >= 15 is 4.39 Å². The molecule has 2 N–H and O–H groups in total. The third-order valence-corrected chi connectivity index (χ3v) is 7.91. The zero-order valence-electron chi connectivity index (χ0n) is 21.8. The van der Waals surface area contributed by atoms with Gasteiger partial charge in [0.2, 0.25) is 11.8 Å². The number of likely N-dealkylation sites (tertiary alicyclic amines) is 1. The van der Waals surface area contributed by atoms with E-state index in [9.17, 15) is 28.4 Å². The van der Waals surface area contributed by atoms with Crippen LogP contribution in [0.25, 0.3) is 10.9 Å². The van der Waals surface area contributed by atoms with Crippen molar-refractivity contribution in [3.05, 3.63) is 64.3 Å². The van der Waals surface area contributed by atoms with Crippen molar-refractivity contribution in [2.45, 2.75) is 49.9 Å². The number of nitriles is 1. The van der Waals surface area contributed by atoms with Gasteiger partial charge in [-0.3, -0.25) is 14.4 Å². The van der Waals surface area contributed by atoms with Crippen LogP contribution in [0.5, 0.6) is 0 Å². The Balaban J connectivity index is 1.50. The molecule has 3 heterocycles. The van der Waals surface area contributed by atoms with Gasteiger partial charge in [-0.25, -0.2) is 13.2 Å². The van der Waals surface area contributed by atoms with Crippen molar-refractivity contribution in [1.29, 1.82) is 5.26 Å². The maximum absolute atomic E-state index is 15.0. The number of fused-ring (bicyclic) bond motifs is 3. The summed E-state index contributed by atoms with van der Waals surface area (Å²) in [5, 5.41) is 13.0. The molecule has 0 saturated carbocycles. The molecule has 1 spiro atoms. The maximum Gasteiger partial charge on any atom is 0.270 e. The number of carbonyl (C=O) groups excluding carboxylic acids is 3. The third kappa shape index (κ3) is 4.46. The Hall–Kier alpha value is -4.04. The van der Waals surface area contributed by atoms with E-state index in [1.807, 2.05) is 0 Å². The molecule has 40 heavy (non-hydrogen) atoms. The number of hydrogen-bond acceptors (Lipinski definition) is 4. The zero-order valence-corrected chi connectivity index (χ0v) is 22.6. The van der Waals surface area contributed by atoms with Crippen LogP contribution >= 0.6 is 11.6 Å². The molecule has 3 amide bonds. The highest BCUT2D eigenvalue weighted by Gasteiger charge is 2.57. The third-order valence-electron chi connectivity index (χ3n) is 7.60. The second kappa shape index (κ2) is 9.55. The van der Waals surface area contributed by atoms with Crippen LogP contribution in [0.15, 0.2) is 36.4 Å². The Labute approximate surface area is 232 Å². The van der Waals surface area contributed by atoms with Gasteiger partial charge < -0.3 is 20.1 Å². The van der Waals surface area contributed by atoms with Crippen LogP contribution in [-0.4, -0.2) is 63.9 Å². The summed E-state index contributed by atoms with van der Waals surface area (Å²) in [6, 6.07) is 7.48. The normalized spacial score (nSPS) is 20.9. The molecule has 0 radical (unpaired) electrons. The van der Waals surface area contributed by atoms with Gasteiger partial charge in [0.05, 0.1) is 17.0 Å². The van der Waals surface area contributed by atoms with Crippen LogP contribution < -0.4 is 5.32 Å². The van der Waals surface area contributed by atoms with E-state index in [4.69, 9.17) is 11.6 Å². The van der Waals surface area contributed by atoms with E-state index in [2.05, 4.69) is 16.4 Å². The Morgan fingerprint density at radius 3 is 2.70 bits per heavy atom. The number of nitrogens with one attached hydrogen (secondary N) is 2. The number of benzene rings is 2. The largest absolute Gasteiger partial charge is 0.350 e. The smallest absolute Gasteiger partial charge is 0.270 e. The number of halogens is 4. The van der Waals surface area contributed by atoms with Crippen molar-refractivity contribution in [2.24, 2.45) is 0 Å². The van der Waals surface area contributed by atoms with Gasteiger partial charge in [0.15, 0.2) is 0 Å². The number of anilines is 1. The highest BCUT2D eigenvalue weighted by atomic mass is 35.5. The van der Waals surface area contributed by atoms with Gasteiger partial charge in [0.25, 0.3) is 5.91 Å². The van der Waals surface area contributed by atoms with Crippen molar-refractivity contribution >= 4 is 45.9 Å². The van der Waals surface area contributed by atoms with Crippen molar-refractivity contribution in [2.75, 3.05) is 18.9 Å². The van der Waals surface area contributed by atoms with Crippen molar-refractivity contribution in [3.8, 4) is 6.07 Å². The number of aromatic nitrogens is 1. The molecule has 1 saturated heterocycles.